The van der Waals surface area contributed by atoms with E-state index in [0.717, 1.165) is 5.56 Å². The molecule has 0 spiro atoms. The predicted octanol–water partition coefficient (Wildman–Crippen LogP) is 2.46. The van der Waals surface area contributed by atoms with Crippen molar-refractivity contribution in [2.24, 2.45) is 0 Å². The van der Waals surface area contributed by atoms with Crippen molar-refractivity contribution in [2.45, 2.75) is 12.3 Å². The van der Waals surface area contributed by atoms with Crippen LogP contribution in [0.1, 0.15) is 11.3 Å². The van der Waals surface area contributed by atoms with Crippen LogP contribution < -0.4 is 9.46 Å². The molecule has 0 aliphatic rings. The standard InChI is InChI=1S/C16H16N2O4S/c1-21-13-6-4-5-12(9-13)10-17-23(19,20)11-15-14-7-2-3-8-16(14)22-18-15/h2-9,17H,10-11H2,1H3. The third-order valence-corrected chi connectivity index (χ3v) is 4.65. The first-order valence-electron chi connectivity index (χ1n) is 7.01. The molecule has 1 heterocycles. The quantitative estimate of drug-likeness (QED) is 0.750. The zero-order valence-electron chi connectivity index (χ0n) is 12.5. The SMILES string of the molecule is COc1cccc(CNS(=O)(=O)Cc2noc3ccccc23)c1. The first-order chi connectivity index (χ1) is 11.1. The smallest absolute Gasteiger partial charge is 0.217 e. The lowest BCUT2D eigenvalue weighted by molar-refractivity contribution is 0.414. The monoisotopic (exact) mass is 332 g/mol. The van der Waals surface area contributed by atoms with Gasteiger partial charge in [-0.1, -0.05) is 29.4 Å². The zero-order chi connectivity index (χ0) is 16.3. The van der Waals surface area contributed by atoms with Crippen LogP contribution in [0.3, 0.4) is 0 Å². The molecule has 3 rings (SSSR count). The van der Waals surface area contributed by atoms with Crippen LogP contribution in [0.4, 0.5) is 0 Å². The summed E-state index contributed by atoms with van der Waals surface area (Å²) in [6.07, 6.45) is 0. The minimum atomic E-state index is -3.53. The number of methoxy groups -OCH3 is 1. The average Bonchev–Trinajstić information content (AvgIpc) is 2.96. The normalized spacial score (nSPS) is 11.7. The van der Waals surface area contributed by atoms with Gasteiger partial charge in [0, 0.05) is 11.9 Å². The Balaban J connectivity index is 1.72. The summed E-state index contributed by atoms with van der Waals surface area (Å²) < 4.78 is 37.3. The number of benzene rings is 2. The largest absolute Gasteiger partial charge is 0.497 e. The van der Waals surface area contributed by atoms with Gasteiger partial charge in [-0.2, -0.15) is 0 Å². The van der Waals surface area contributed by atoms with Crippen LogP contribution in [0.15, 0.2) is 53.1 Å². The molecule has 0 unspecified atom stereocenters. The molecule has 0 fully saturated rings. The zero-order valence-corrected chi connectivity index (χ0v) is 13.3. The van der Waals surface area contributed by atoms with E-state index >= 15 is 0 Å². The Labute approximate surface area is 134 Å². The Kier molecular flexibility index (Phi) is 4.31. The fourth-order valence-electron chi connectivity index (χ4n) is 2.25. The average molecular weight is 332 g/mol. The van der Waals surface area contributed by atoms with Crippen molar-refractivity contribution >= 4 is 21.0 Å². The molecule has 120 valence electrons. The second-order valence-corrected chi connectivity index (χ2v) is 6.86. The highest BCUT2D eigenvalue weighted by atomic mass is 32.2. The summed E-state index contributed by atoms with van der Waals surface area (Å²) in [5.74, 6) is 0.456. The van der Waals surface area contributed by atoms with Crippen molar-refractivity contribution in [3.8, 4) is 5.75 Å². The topological polar surface area (TPSA) is 81.4 Å². The van der Waals surface area contributed by atoms with Gasteiger partial charge in [0.1, 0.15) is 17.2 Å². The lowest BCUT2D eigenvalue weighted by atomic mass is 10.2. The molecule has 7 heteroatoms. The lowest BCUT2D eigenvalue weighted by Crippen LogP contribution is -2.24. The number of sulfonamides is 1. The second kappa shape index (κ2) is 6.39. The van der Waals surface area contributed by atoms with E-state index in [1.165, 1.54) is 0 Å². The van der Waals surface area contributed by atoms with Crippen LogP contribution in [0.5, 0.6) is 5.75 Å². The molecule has 0 atom stereocenters. The minimum absolute atomic E-state index is 0.190. The van der Waals surface area contributed by atoms with Gasteiger partial charge in [-0.25, -0.2) is 13.1 Å². The summed E-state index contributed by atoms with van der Waals surface area (Å²) in [6, 6.07) is 14.4. The van der Waals surface area contributed by atoms with Crippen molar-refractivity contribution < 1.29 is 17.7 Å². The van der Waals surface area contributed by atoms with E-state index < -0.39 is 10.0 Å². The maximum Gasteiger partial charge on any atom is 0.217 e. The van der Waals surface area contributed by atoms with Crippen LogP contribution in [0, 0.1) is 0 Å². The van der Waals surface area contributed by atoms with Crippen LogP contribution in [-0.2, 0) is 22.3 Å². The summed E-state index contributed by atoms with van der Waals surface area (Å²) in [6.45, 7) is 0.190. The number of nitrogens with one attached hydrogen (secondary N) is 1. The van der Waals surface area contributed by atoms with Gasteiger partial charge >= 0.3 is 0 Å². The highest BCUT2D eigenvalue weighted by molar-refractivity contribution is 7.88. The van der Waals surface area contributed by atoms with Crippen LogP contribution in [-0.4, -0.2) is 20.7 Å². The third-order valence-electron chi connectivity index (χ3n) is 3.41. The number of aromatic nitrogens is 1. The second-order valence-electron chi connectivity index (χ2n) is 5.06. The molecule has 0 bridgehead atoms. The maximum absolute atomic E-state index is 12.2. The van der Waals surface area contributed by atoms with E-state index in [4.69, 9.17) is 9.26 Å². The maximum atomic E-state index is 12.2. The van der Waals surface area contributed by atoms with E-state index in [-0.39, 0.29) is 12.3 Å². The fraction of sp³-hybridized carbons (Fsp3) is 0.188. The first-order valence-corrected chi connectivity index (χ1v) is 8.66. The Bertz CT molecular complexity index is 918. The molecule has 0 aliphatic carbocycles. The van der Waals surface area contributed by atoms with Crippen molar-refractivity contribution in [3.05, 3.63) is 59.8 Å². The van der Waals surface area contributed by atoms with Gasteiger partial charge < -0.3 is 9.26 Å². The van der Waals surface area contributed by atoms with Crippen molar-refractivity contribution in [3.63, 3.8) is 0 Å². The molecule has 0 aliphatic heterocycles. The van der Waals surface area contributed by atoms with E-state index in [9.17, 15) is 8.42 Å². The Morgan fingerprint density at radius 1 is 1.17 bits per heavy atom. The van der Waals surface area contributed by atoms with Gasteiger partial charge in [-0.05, 0) is 29.8 Å². The lowest BCUT2D eigenvalue weighted by Gasteiger charge is -2.07. The van der Waals surface area contributed by atoms with E-state index in [1.54, 1.807) is 31.4 Å². The van der Waals surface area contributed by atoms with E-state index in [1.807, 2.05) is 24.3 Å². The van der Waals surface area contributed by atoms with Gasteiger partial charge in [0.05, 0.1) is 7.11 Å². The van der Waals surface area contributed by atoms with Gasteiger partial charge in [0.15, 0.2) is 5.58 Å². The van der Waals surface area contributed by atoms with E-state index in [2.05, 4.69) is 9.88 Å². The van der Waals surface area contributed by atoms with Crippen LogP contribution >= 0.6 is 0 Å². The van der Waals surface area contributed by atoms with Gasteiger partial charge in [-0.3, -0.25) is 0 Å². The highest BCUT2D eigenvalue weighted by Gasteiger charge is 2.17. The molecule has 0 amide bonds. The number of nitrogens with zero attached hydrogens (tertiary/aromatic N) is 1. The number of ether oxygens (including phenoxy) is 1. The van der Waals surface area contributed by atoms with Crippen molar-refractivity contribution in [1.29, 1.82) is 0 Å². The number of hydrogen-bond donors (Lipinski definition) is 1. The molecular weight excluding hydrogens is 316 g/mol. The Morgan fingerprint density at radius 3 is 2.83 bits per heavy atom. The summed E-state index contributed by atoms with van der Waals surface area (Å²) in [5.41, 5.74) is 1.79. The predicted molar refractivity (Wildman–Crippen MR) is 86.5 cm³/mol. The first kappa shape index (κ1) is 15.5. The highest BCUT2D eigenvalue weighted by Crippen LogP contribution is 2.19. The Morgan fingerprint density at radius 2 is 2.00 bits per heavy atom. The van der Waals surface area contributed by atoms with Crippen LogP contribution in [0.2, 0.25) is 0 Å². The Hall–Kier alpha value is -2.38. The molecule has 23 heavy (non-hydrogen) atoms. The third kappa shape index (κ3) is 3.69. The number of fused-ring (bicyclic) bond motifs is 1. The fourth-order valence-corrected chi connectivity index (χ4v) is 3.31. The van der Waals surface area contributed by atoms with Crippen LogP contribution in [0.25, 0.3) is 11.0 Å². The molecule has 1 N–H and O–H groups in total. The summed E-state index contributed by atoms with van der Waals surface area (Å²) in [4.78, 5) is 0. The van der Waals surface area contributed by atoms with Gasteiger partial charge in [0.2, 0.25) is 10.0 Å². The molecule has 0 saturated heterocycles. The van der Waals surface area contributed by atoms with Crippen molar-refractivity contribution in [2.75, 3.05) is 7.11 Å². The minimum Gasteiger partial charge on any atom is -0.497 e. The molecule has 0 saturated carbocycles. The number of para-hydroxylation sites is 1. The van der Waals surface area contributed by atoms with E-state index in [0.29, 0.717) is 22.4 Å². The molecule has 6 nitrogen and oxygen atoms in total. The summed E-state index contributed by atoms with van der Waals surface area (Å²) in [7, 11) is -1.96. The molecule has 2 aromatic carbocycles. The van der Waals surface area contributed by atoms with Gasteiger partial charge in [-0.15, -0.1) is 0 Å². The summed E-state index contributed by atoms with van der Waals surface area (Å²) >= 11 is 0. The molecular formula is C16H16N2O4S. The number of rotatable bonds is 6. The molecule has 1 aromatic heterocycles. The molecule has 3 aromatic rings. The summed E-state index contributed by atoms with van der Waals surface area (Å²) in [5, 5.41) is 4.56. The molecule has 0 radical (unpaired) electrons. The van der Waals surface area contributed by atoms with Gasteiger partial charge in [0.25, 0.3) is 0 Å². The number of hydrogen-bond acceptors (Lipinski definition) is 5. The van der Waals surface area contributed by atoms with Crippen molar-refractivity contribution in [1.82, 2.24) is 9.88 Å².